The van der Waals surface area contributed by atoms with Crippen LogP contribution in [-0.2, 0) is 16.0 Å². The number of rotatable bonds is 12. The van der Waals surface area contributed by atoms with Crippen LogP contribution in [0.1, 0.15) is 52.2 Å². The number of nitrogens with zero attached hydrogens (tertiary/aromatic N) is 1. The highest BCUT2D eigenvalue weighted by atomic mass is 16.6. The van der Waals surface area contributed by atoms with E-state index in [-0.39, 0.29) is 0 Å². The third-order valence-corrected chi connectivity index (χ3v) is 3.98. The molecule has 176 valence electrons. The number of hydrogen-bond donors (Lipinski definition) is 3. The van der Waals surface area contributed by atoms with Gasteiger partial charge in [-0.3, -0.25) is 0 Å². The van der Waals surface area contributed by atoms with Crippen molar-refractivity contribution in [2.75, 3.05) is 39.5 Å². The summed E-state index contributed by atoms with van der Waals surface area (Å²) >= 11 is 0. The van der Waals surface area contributed by atoms with Gasteiger partial charge in [0.05, 0.1) is 13.2 Å². The highest BCUT2D eigenvalue weighted by Gasteiger charge is 2.15. The van der Waals surface area contributed by atoms with Gasteiger partial charge in [0.1, 0.15) is 18.0 Å². The van der Waals surface area contributed by atoms with Crippen molar-refractivity contribution < 1.29 is 19.0 Å². The molecule has 0 atom stereocenters. The zero-order valence-electron chi connectivity index (χ0n) is 20.0. The zero-order chi connectivity index (χ0) is 23.1. The Balaban J connectivity index is 2.53. The minimum absolute atomic E-state index is 0.399. The van der Waals surface area contributed by atoms with Crippen molar-refractivity contribution in [2.24, 2.45) is 4.99 Å². The number of carbonyl (C=O) groups is 1. The fourth-order valence-corrected chi connectivity index (χ4v) is 2.59. The molecule has 0 radical (unpaired) electrons. The first-order valence-electron chi connectivity index (χ1n) is 11.0. The molecule has 0 saturated heterocycles. The smallest absolute Gasteiger partial charge is 0.407 e. The second-order valence-corrected chi connectivity index (χ2v) is 8.06. The summed E-state index contributed by atoms with van der Waals surface area (Å²) in [6.45, 7) is 15.8. The lowest BCUT2D eigenvalue weighted by Crippen LogP contribution is -2.39. The third kappa shape index (κ3) is 12.7. The van der Waals surface area contributed by atoms with Gasteiger partial charge in [-0.1, -0.05) is 12.1 Å². The van der Waals surface area contributed by atoms with Crippen LogP contribution in [0.15, 0.2) is 23.2 Å². The van der Waals surface area contributed by atoms with Crippen LogP contribution in [0.3, 0.4) is 0 Å². The zero-order valence-corrected chi connectivity index (χ0v) is 20.0. The minimum atomic E-state index is -0.491. The molecule has 1 amide bonds. The molecule has 0 aromatic heterocycles. The molecule has 0 aliphatic carbocycles. The lowest BCUT2D eigenvalue weighted by atomic mass is 10.1. The van der Waals surface area contributed by atoms with E-state index in [4.69, 9.17) is 14.2 Å². The summed E-state index contributed by atoms with van der Waals surface area (Å²) in [7, 11) is 0. The van der Waals surface area contributed by atoms with E-state index in [1.54, 1.807) is 0 Å². The van der Waals surface area contributed by atoms with Gasteiger partial charge < -0.3 is 30.2 Å². The molecule has 8 heteroatoms. The molecule has 8 nitrogen and oxygen atoms in total. The van der Waals surface area contributed by atoms with E-state index in [1.165, 1.54) is 0 Å². The monoisotopic (exact) mass is 436 g/mol. The Hall–Kier alpha value is -2.48. The summed E-state index contributed by atoms with van der Waals surface area (Å²) in [5.41, 5.74) is 1.67. The highest BCUT2D eigenvalue weighted by Crippen LogP contribution is 2.21. The molecule has 0 spiro atoms. The topological polar surface area (TPSA) is 93.2 Å². The normalized spacial score (nSPS) is 11.7. The van der Waals surface area contributed by atoms with Crippen molar-refractivity contribution in [3.05, 3.63) is 29.3 Å². The minimum Gasteiger partial charge on any atom is -0.491 e. The van der Waals surface area contributed by atoms with Crippen LogP contribution in [0.25, 0.3) is 0 Å². The summed E-state index contributed by atoms with van der Waals surface area (Å²) in [5.74, 6) is 1.56. The number of alkyl carbamates (subject to hydrolysis) is 1. The van der Waals surface area contributed by atoms with E-state index in [1.807, 2.05) is 53.7 Å². The van der Waals surface area contributed by atoms with Gasteiger partial charge >= 0.3 is 6.09 Å². The van der Waals surface area contributed by atoms with E-state index in [2.05, 4.69) is 27.0 Å². The molecule has 0 heterocycles. The molecular weight excluding hydrogens is 396 g/mol. The first-order valence-corrected chi connectivity index (χ1v) is 11.0. The van der Waals surface area contributed by atoms with Crippen molar-refractivity contribution in [3.63, 3.8) is 0 Å². The Bertz CT molecular complexity index is 687. The molecule has 31 heavy (non-hydrogen) atoms. The molecule has 0 bridgehead atoms. The number of carbonyl (C=O) groups excluding carboxylic acids is 1. The summed E-state index contributed by atoms with van der Waals surface area (Å²) in [6.07, 6.45) is 0.351. The fourth-order valence-electron chi connectivity index (χ4n) is 2.59. The van der Waals surface area contributed by atoms with Gasteiger partial charge in [0, 0.05) is 31.8 Å². The van der Waals surface area contributed by atoms with Crippen LogP contribution >= 0.6 is 0 Å². The second-order valence-electron chi connectivity index (χ2n) is 8.06. The lowest BCUT2D eigenvalue weighted by molar-refractivity contribution is 0.0527. The van der Waals surface area contributed by atoms with Crippen LogP contribution in [0.5, 0.6) is 5.75 Å². The van der Waals surface area contributed by atoms with Crippen molar-refractivity contribution in [1.82, 2.24) is 16.0 Å². The number of amides is 1. The summed E-state index contributed by atoms with van der Waals surface area (Å²) in [6, 6.07) is 6.13. The highest BCUT2D eigenvalue weighted by molar-refractivity contribution is 5.79. The molecule has 0 saturated carbocycles. The molecule has 1 aromatic carbocycles. The van der Waals surface area contributed by atoms with Gasteiger partial charge in [0.2, 0.25) is 0 Å². The van der Waals surface area contributed by atoms with E-state index in [9.17, 15) is 4.79 Å². The van der Waals surface area contributed by atoms with Gasteiger partial charge in [-0.05, 0) is 59.6 Å². The number of guanidine groups is 1. The number of aliphatic imine (C=N–C) groups is 1. The quantitative estimate of drug-likeness (QED) is 0.264. The van der Waals surface area contributed by atoms with Crippen molar-refractivity contribution in [2.45, 2.75) is 60.1 Å². The van der Waals surface area contributed by atoms with Crippen LogP contribution in [0.2, 0.25) is 0 Å². The van der Waals surface area contributed by atoms with Crippen LogP contribution in [-0.4, -0.2) is 57.1 Å². The van der Waals surface area contributed by atoms with Crippen LogP contribution in [0.4, 0.5) is 4.79 Å². The Kier molecular flexibility index (Phi) is 12.4. The molecule has 0 fully saturated rings. The van der Waals surface area contributed by atoms with Crippen molar-refractivity contribution in [1.29, 1.82) is 0 Å². The van der Waals surface area contributed by atoms with Gasteiger partial charge in [0.25, 0.3) is 0 Å². The third-order valence-electron chi connectivity index (χ3n) is 3.98. The van der Waals surface area contributed by atoms with Crippen LogP contribution in [0, 0.1) is 6.92 Å². The average molecular weight is 437 g/mol. The first kappa shape index (κ1) is 26.6. The molecule has 3 N–H and O–H groups in total. The summed E-state index contributed by atoms with van der Waals surface area (Å²) < 4.78 is 16.5. The van der Waals surface area contributed by atoms with E-state index >= 15 is 0 Å². The van der Waals surface area contributed by atoms with Gasteiger partial charge in [-0.15, -0.1) is 0 Å². The van der Waals surface area contributed by atoms with Gasteiger partial charge in [-0.2, -0.15) is 0 Å². The number of ether oxygens (including phenoxy) is 3. The van der Waals surface area contributed by atoms with Crippen molar-refractivity contribution >= 4 is 12.1 Å². The molecule has 1 rings (SSSR count). The Morgan fingerprint density at radius 1 is 1.06 bits per heavy atom. The number of aryl methyl sites for hydroxylation is 1. The largest absolute Gasteiger partial charge is 0.491 e. The van der Waals surface area contributed by atoms with E-state index in [0.717, 1.165) is 35.8 Å². The molecule has 1 aromatic rings. The first-order chi connectivity index (χ1) is 14.7. The average Bonchev–Trinajstić information content (AvgIpc) is 2.68. The number of benzene rings is 1. The summed E-state index contributed by atoms with van der Waals surface area (Å²) in [5, 5.41) is 9.29. The number of hydrogen-bond acceptors (Lipinski definition) is 5. The molecule has 0 aliphatic heterocycles. The van der Waals surface area contributed by atoms with E-state index < -0.39 is 11.7 Å². The maximum Gasteiger partial charge on any atom is 0.407 e. The molecule has 0 aliphatic rings. The van der Waals surface area contributed by atoms with Crippen LogP contribution < -0.4 is 20.7 Å². The Labute approximate surface area is 187 Å². The standard InChI is InChI=1S/C23H40N4O4/c1-7-24-21(25-12-9-13-26-22(28)31-23(4,5)6)27-17-19-11-10-18(3)16-20(19)30-15-14-29-8-2/h10-11,16H,7-9,12-15,17H2,1-6H3,(H,26,28)(H2,24,25,27). The second kappa shape index (κ2) is 14.5. The fraction of sp³-hybridized carbons (Fsp3) is 0.652. The summed E-state index contributed by atoms with van der Waals surface area (Å²) in [4.78, 5) is 16.3. The maximum absolute atomic E-state index is 11.7. The molecule has 0 unspecified atom stereocenters. The Morgan fingerprint density at radius 2 is 1.81 bits per heavy atom. The molecular formula is C23H40N4O4. The maximum atomic E-state index is 11.7. The Morgan fingerprint density at radius 3 is 2.48 bits per heavy atom. The predicted molar refractivity (Wildman–Crippen MR) is 125 cm³/mol. The lowest BCUT2D eigenvalue weighted by Gasteiger charge is -2.19. The SMILES string of the molecule is CCNC(=NCc1ccc(C)cc1OCCOCC)NCCCNC(=O)OC(C)(C)C. The van der Waals surface area contributed by atoms with Gasteiger partial charge in [-0.25, -0.2) is 9.79 Å². The van der Waals surface area contributed by atoms with Gasteiger partial charge in [0.15, 0.2) is 5.96 Å². The van der Waals surface area contributed by atoms with Crippen molar-refractivity contribution in [3.8, 4) is 5.75 Å². The number of nitrogens with one attached hydrogen (secondary N) is 3. The predicted octanol–water partition coefficient (Wildman–Crippen LogP) is 3.38. The van der Waals surface area contributed by atoms with E-state index in [0.29, 0.717) is 39.5 Å².